The fourth-order valence-electron chi connectivity index (χ4n) is 3.01. The summed E-state index contributed by atoms with van der Waals surface area (Å²) in [4.78, 5) is 14.3. The summed E-state index contributed by atoms with van der Waals surface area (Å²) in [6.45, 7) is 5.29. The summed E-state index contributed by atoms with van der Waals surface area (Å²) >= 11 is 5.93. The summed E-state index contributed by atoms with van der Waals surface area (Å²) < 4.78 is 0. The zero-order valence-corrected chi connectivity index (χ0v) is 13.4. The Balaban J connectivity index is 1.98. The van der Waals surface area contributed by atoms with Crippen molar-refractivity contribution in [1.82, 2.24) is 4.90 Å². The minimum absolute atomic E-state index is 0.207. The van der Waals surface area contributed by atoms with E-state index in [9.17, 15) is 4.79 Å². The van der Waals surface area contributed by atoms with E-state index in [2.05, 4.69) is 37.9 Å². The van der Waals surface area contributed by atoms with Crippen LogP contribution in [0.4, 0.5) is 0 Å². The largest absolute Gasteiger partial charge is 0.299 e. The highest BCUT2D eigenvalue weighted by molar-refractivity contribution is 6.30. The van der Waals surface area contributed by atoms with Gasteiger partial charge < -0.3 is 0 Å². The Bertz CT molecular complexity index is 457. The average Bonchev–Trinajstić information content (AvgIpc) is 2.43. The van der Waals surface area contributed by atoms with E-state index in [0.717, 1.165) is 30.8 Å². The average molecular weight is 294 g/mol. The maximum Gasteiger partial charge on any atom is 0.137 e. The van der Waals surface area contributed by atoms with Gasteiger partial charge >= 0.3 is 0 Å². The lowest BCUT2D eigenvalue weighted by Crippen LogP contribution is -2.35. The van der Waals surface area contributed by atoms with Gasteiger partial charge in [0.1, 0.15) is 5.78 Å². The normalized spacial score (nSPS) is 24.9. The number of carbonyl (C=O) groups excluding carboxylic acids is 1. The molecule has 0 radical (unpaired) electrons. The van der Waals surface area contributed by atoms with Gasteiger partial charge in [0.15, 0.2) is 0 Å². The number of rotatable bonds is 4. The van der Waals surface area contributed by atoms with Crippen molar-refractivity contribution in [3.63, 3.8) is 0 Å². The molecule has 1 aliphatic carbocycles. The molecule has 3 unspecified atom stereocenters. The Hall–Kier alpha value is -0.860. The molecule has 0 bridgehead atoms. The summed E-state index contributed by atoms with van der Waals surface area (Å²) in [5.74, 6) is 1.33. The number of nitrogens with zero attached hydrogens (tertiary/aromatic N) is 1. The van der Waals surface area contributed by atoms with E-state index in [4.69, 9.17) is 11.6 Å². The first-order valence-electron chi connectivity index (χ1n) is 7.45. The Labute approximate surface area is 127 Å². The lowest BCUT2D eigenvalue weighted by Gasteiger charge is -2.32. The molecule has 1 aromatic rings. The topological polar surface area (TPSA) is 20.3 Å². The van der Waals surface area contributed by atoms with Gasteiger partial charge in [0.2, 0.25) is 0 Å². The summed E-state index contributed by atoms with van der Waals surface area (Å²) in [5, 5.41) is 0.764. The van der Waals surface area contributed by atoms with E-state index in [0.29, 0.717) is 17.7 Å². The van der Waals surface area contributed by atoms with Gasteiger partial charge in [0.25, 0.3) is 0 Å². The fraction of sp³-hybridized carbons (Fsp3) is 0.588. The molecule has 0 aliphatic heterocycles. The number of halogens is 1. The van der Waals surface area contributed by atoms with Gasteiger partial charge in [-0.2, -0.15) is 0 Å². The second-order valence-corrected chi connectivity index (χ2v) is 6.65. The third-order valence-corrected chi connectivity index (χ3v) is 4.80. The second kappa shape index (κ2) is 6.73. The van der Waals surface area contributed by atoms with E-state index in [1.54, 1.807) is 0 Å². The van der Waals surface area contributed by atoms with Crippen molar-refractivity contribution in [2.45, 2.75) is 39.2 Å². The molecule has 0 heterocycles. The van der Waals surface area contributed by atoms with Gasteiger partial charge in [-0.15, -0.1) is 0 Å². The van der Waals surface area contributed by atoms with Crippen LogP contribution >= 0.6 is 11.6 Å². The molecule has 0 saturated heterocycles. The van der Waals surface area contributed by atoms with Crippen molar-refractivity contribution in [2.75, 3.05) is 13.6 Å². The minimum atomic E-state index is 0.207. The summed E-state index contributed by atoms with van der Waals surface area (Å²) in [5.41, 5.74) is 1.24. The van der Waals surface area contributed by atoms with Gasteiger partial charge in [0, 0.05) is 29.9 Å². The molecule has 0 spiro atoms. The Kier molecular flexibility index (Phi) is 5.22. The molecule has 110 valence electrons. The number of hydrogen-bond acceptors (Lipinski definition) is 2. The molecule has 1 fully saturated rings. The van der Waals surface area contributed by atoms with Crippen LogP contribution in [0.15, 0.2) is 24.3 Å². The number of hydrogen-bond donors (Lipinski definition) is 0. The molecule has 0 N–H and O–H groups in total. The van der Waals surface area contributed by atoms with Gasteiger partial charge in [-0.3, -0.25) is 9.69 Å². The van der Waals surface area contributed by atoms with Crippen molar-refractivity contribution in [1.29, 1.82) is 0 Å². The molecule has 0 amide bonds. The van der Waals surface area contributed by atoms with E-state index < -0.39 is 0 Å². The predicted octanol–water partition coefficient (Wildman–Crippen LogP) is 4.34. The first kappa shape index (κ1) is 15.5. The monoisotopic (exact) mass is 293 g/mol. The summed E-state index contributed by atoms with van der Waals surface area (Å²) in [7, 11) is 2.10. The van der Waals surface area contributed by atoms with Crippen LogP contribution in [-0.4, -0.2) is 24.3 Å². The SMILES string of the molecule is CC1CCC(=O)C(CN(C)C(C)c2ccc(Cl)cc2)C1. The van der Waals surface area contributed by atoms with Crippen molar-refractivity contribution in [3.8, 4) is 0 Å². The van der Waals surface area contributed by atoms with Gasteiger partial charge in [0.05, 0.1) is 0 Å². The molecule has 0 aromatic heterocycles. The number of Topliss-reactive ketones (excluding diaryl/α,β-unsaturated/α-hetero) is 1. The summed E-state index contributed by atoms with van der Waals surface area (Å²) in [6.07, 6.45) is 2.86. The van der Waals surface area contributed by atoms with Crippen LogP contribution in [-0.2, 0) is 4.79 Å². The zero-order chi connectivity index (χ0) is 14.7. The van der Waals surface area contributed by atoms with Gasteiger partial charge in [-0.25, -0.2) is 0 Å². The lowest BCUT2D eigenvalue weighted by molar-refractivity contribution is -0.126. The number of ketones is 1. The van der Waals surface area contributed by atoms with E-state index in [1.165, 1.54) is 5.56 Å². The van der Waals surface area contributed by atoms with Crippen LogP contribution in [0.1, 0.15) is 44.7 Å². The van der Waals surface area contributed by atoms with Crippen molar-refractivity contribution in [2.24, 2.45) is 11.8 Å². The minimum Gasteiger partial charge on any atom is -0.299 e. The highest BCUT2D eigenvalue weighted by Crippen LogP contribution is 2.29. The first-order valence-corrected chi connectivity index (χ1v) is 7.83. The van der Waals surface area contributed by atoms with Gasteiger partial charge in [-0.05, 0) is 50.4 Å². The van der Waals surface area contributed by atoms with E-state index in [-0.39, 0.29) is 5.92 Å². The number of benzene rings is 1. The maximum absolute atomic E-state index is 12.0. The highest BCUT2D eigenvalue weighted by atomic mass is 35.5. The van der Waals surface area contributed by atoms with Crippen LogP contribution in [0.25, 0.3) is 0 Å². The molecule has 20 heavy (non-hydrogen) atoms. The molecule has 2 nitrogen and oxygen atoms in total. The fourth-order valence-corrected chi connectivity index (χ4v) is 3.13. The molecule has 1 saturated carbocycles. The molecular formula is C17H24ClNO. The van der Waals surface area contributed by atoms with Crippen LogP contribution in [0, 0.1) is 11.8 Å². The molecular weight excluding hydrogens is 270 g/mol. The van der Waals surface area contributed by atoms with Crippen molar-refractivity contribution < 1.29 is 4.79 Å². The molecule has 3 atom stereocenters. The second-order valence-electron chi connectivity index (χ2n) is 6.21. The third kappa shape index (κ3) is 3.83. The van der Waals surface area contributed by atoms with E-state index in [1.807, 2.05) is 12.1 Å². The standard InChI is InChI=1S/C17H24ClNO/c1-12-4-9-17(20)15(10-12)11-19(3)13(2)14-5-7-16(18)8-6-14/h5-8,12-13,15H,4,9-11H2,1-3H3. The zero-order valence-electron chi connectivity index (χ0n) is 12.6. The molecule has 1 aliphatic rings. The molecule has 3 heteroatoms. The van der Waals surface area contributed by atoms with Gasteiger partial charge in [-0.1, -0.05) is 30.7 Å². The van der Waals surface area contributed by atoms with E-state index >= 15 is 0 Å². The summed E-state index contributed by atoms with van der Waals surface area (Å²) in [6, 6.07) is 8.28. The smallest absolute Gasteiger partial charge is 0.137 e. The first-order chi connectivity index (χ1) is 9.47. The van der Waals surface area contributed by atoms with Crippen LogP contribution in [0.5, 0.6) is 0 Å². The van der Waals surface area contributed by atoms with Crippen molar-refractivity contribution in [3.05, 3.63) is 34.9 Å². The van der Waals surface area contributed by atoms with Crippen molar-refractivity contribution >= 4 is 17.4 Å². The molecule has 1 aromatic carbocycles. The lowest BCUT2D eigenvalue weighted by atomic mass is 9.81. The predicted molar refractivity (Wildman–Crippen MR) is 84.0 cm³/mol. The Morgan fingerprint density at radius 3 is 2.65 bits per heavy atom. The highest BCUT2D eigenvalue weighted by Gasteiger charge is 2.28. The maximum atomic E-state index is 12.0. The Morgan fingerprint density at radius 2 is 2.00 bits per heavy atom. The Morgan fingerprint density at radius 1 is 1.35 bits per heavy atom. The van der Waals surface area contributed by atoms with Crippen LogP contribution < -0.4 is 0 Å². The molecule has 2 rings (SSSR count). The van der Waals surface area contributed by atoms with Crippen LogP contribution in [0.2, 0.25) is 5.02 Å². The third-order valence-electron chi connectivity index (χ3n) is 4.55. The van der Waals surface area contributed by atoms with Crippen LogP contribution in [0.3, 0.4) is 0 Å². The quantitative estimate of drug-likeness (QED) is 0.823. The number of carbonyl (C=O) groups is 1.